The first-order valence-electron chi connectivity index (χ1n) is 10.3. The number of phenolic OH excluding ortho intramolecular Hbond substituents is 1. The number of phenols is 1. The molecule has 14 heteroatoms. The summed E-state index contributed by atoms with van der Waals surface area (Å²) < 4.78 is 30.6. The van der Waals surface area contributed by atoms with Gasteiger partial charge in [0.25, 0.3) is 0 Å². The fourth-order valence-corrected chi connectivity index (χ4v) is 6.74. The number of benzene rings is 2. The van der Waals surface area contributed by atoms with Crippen molar-refractivity contribution in [2.45, 2.75) is 13.0 Å². The molecule has 2 heterocycles. The van der Waals surface area contributed by atoms with Gasteiger partial charge in [-0.1, -0.05) is 12.1 Å². The van der Waals surface area contributed by atoms with Crippen LogP contribution in [0.15, 0.2) is 54.9 Å². The summed E-state index contributed by atoms with van der Waals surface area (Å²) in [6, 6.07) is 12.7. The minimum atomic E-state index is -4.66. The summed E-state index contributed by atoms with van der Waals surface area (Å²) in [6.07, 6.45) is 2.26. The van der Waals surface area contributed by atoms with E-state index in [0.717, 1.165) is 5.56 Å². The number of aryl methyl sites for hydroxylation is 2. The number of rotatable bonds is 9. The molecule has 1 atom stereocenters. The van der Waals surface area contributed by atoms with Crippen molar-refractivity contribution in [3.05, 3.63) is 60.4 Å². The Hall–Kier alpha value is -3.27. The van der Waals surface area contributed by atoms with Crippen LogP contribution >= 0.6 is 15.0 Å². The van der Waals surface area contributed by atoms with Crippen molar-refractivity contribution >= 4 is 42.9 Å². The highest BCUT2D eigenvalue weighted by molar-refractivity contribution is 7.77. The van der Waals surface area contributed by atoms with Gasteiger partial charge in [0.15, 0.2) is 17.0 Å². The van der Waals surface area contributed by atoms with Gasteiger partial charge in [0.1, 0.15) is 11.7 Å². The first kappa shape index (κ1) is 24.8. The Morgan fingerprint density at radius 3 is 2.46 bits per heavy atom. The highest BCUT2D eigenvalue weighted by Gasteiger charge is 2.31. The van der Waals surface area contributed by atoms with Gasteiger partial charge in [0.05, 0.1) is 13.4 Å². The number of ether oxygens (including phenoxy) is 1. The van der Waals surface area contributed by atoms with E-state index in [1.54, 1.807) is 24.5 Å². The van der Waals surface area contributed by atoms with Crippen LogP contribution in [0.25, 0.3) is 11.2 Å². The third-order valence-electron chi connectivity index (χ3n) is 5.09. The largest absolute Gasteiger partial charge is 0.508 e. The summed E-state index contributed by atoms with van der Waals surface area (Å²) in [4.78, 5) is 41.3. The lowest BCUT2D eigenvalue weighted by Gasteiger charge is -2.14. The monoisotopic (exact) mass is 519 g/mol. The number of aromatic hydroxyl groups is 1. The molecule has 184 valence electrons. The molecule has 0 radical (unpaired) electrons. The van der Waals surface area contributed by atoms with Crippen LogP contribution in [-0.2, 0) is 22.1 Å². The maximum absolute atomic E-state index is 12.3. The molecule has 0 fully saturated rings. The highest BCUT2D eigenvalue weighted by atomic mass is 31.2. The third-order valence-corrected chi connectivity index (χ3v) is 9.20. The molecule has 4 aromatic rings. The Bertz CT molecular complexity index is 1450. The van der Waals surface area contributed by atoms with E-state index in [1.165, 1.54) is 31.4 Å². The molecule has 2 aromatic heterocycles. The van der Waals surface area contributed by atoms with Crippen molar-refractivity contribution in [2.24, 2.45) is 0 Å². The number of fused-ring (bicyclic) bond motifs is 1. The fourth-order valence-electron chi connectivity index (χ4n) is 3.47. The van der Waals surface area contributed by atoms with Crippen LogP contribution in [-0.4, -0.2) is 52.3 Å². The zero-order chi connectivity index (χ0) is 25.2. The second-order valence-electron chi connectivity index (χ2n) is 7.77. The Balaban J connectivity index is 1.58. The number of imidazole rings is 1. The number of hydrogen-bond acceptors (Lipinski definition) is 8. The van der Waals surface area contributed by atoms with Crippen LogP contribution < -0.4 is 15.4 Å². The Labute approximate surface area is 199 Å². The summed E-state index contributed by atoms with van der Waals surface area (Å²) in [5.74, 6) is -0.590. The number of aromatic nitrogens is 4. The predicted octanol–water partition coefficient (Wildman–Crippen LogP) is 2.56. The Morgan fingerprint density at radius 2 is 1.80 bits per heavy atom. The second kappa shape index (κ2) is 9.77. The van der Waals surface area contributed by atoms with E-state index in [4.69, 9.17) is 14.5 Å². The maximum atomic E-state index is 12.3. The maximum Gasteiger partial charge on any atom is 0.335 e. The molecular formula is C21H23N5O7P2. The lowest BCUT2D eigenvalue weighted by Crippen LogP contribution is -2.08. The second-order valence-corrected chi connectivity index (χ2v) is 12.1. The van der Waals surface area contributed by atoms with Gasteiger partial charge < -0.3 is 34.4 Å². The van der Waals surface area contributed by atoms with Crippen molar-refractivity contribution in [1.29, 1.82) is 0 Å². The molecule has 0 aliphatic heterocycles. The van der Waals surface area contributed by atoms with Crippen molar-refractivity contribution < 1.29 is 33.7 Å². The van der Waals surface area contributed by atoms with Crippen molar-refractivity contribution in [3.63, 3.8) is 0 Å². The molecule has 1 unspecified atom stereocenters. The third kappa shape index (κ3) is 6.05. The zero-order valence-corrected chi connectivity index (χ0v) is 20.3. The summed E-state index contributed by atoms with van der Waals surface area (Å²) in [6.45, 7) is 0.541. The standard InChI is InChI=1S/C21H23N5O7P2/c1-33-21-24-19(23-15-5-7-17(8-6-15)34(28,29)13-35(30,31)32)18-20(25-21)26(12-22-18)10-9-14-3-2-4-16(27)11-14/h2-8,11-12,27H,9-10,13H2,1H3,(H,28,29)(H,23,24,25)(H2,30,31,32). The Kier molecular flexibility index (Phi) is 6.93. The quantitative estimate of drug-likeness (QED) is 0.205. The highest BCUT2D eigenvalue weighted by Crippen LogP contribution is 2.53. The summed E-state index contributed by atoms with van der Waals surface area (Å²) in [5, 5.41) is 12.7. The van der Waals surface area contributed by atoms with Gasteiger partial charge in [-0.25, -0.2) is 4.98 Å². The average Bonchev–Trinajstić information content (AvgIpc) is 3.19. The Morgan fingerprint density at radius 1 is 1.06 bits per heavy atom. The van der Waals surface area contributed by atoms with Crippen LogP contribution in [0.5, 0.6) is 11.8 Å². The van der Waals surface area contributed by atoms with Gasteiger partial charge in [0.2, 0.25) is 7.37 Å². The van der Waals surface area contributed by atoms with Crippen LogP contribution in [0.3, 0.4) is 0 Å². The smallest absolute Gasteiger partial charge is 0.335 e. The van der Waals surface area contributed by atoms with E-state index in [9.17, 15) is 19.1 Å². The number of hydrogen-bond donors (Lipinski definition) is 5. The van der Waals surface area contributed by atoms with Gasteiger partial charge in [-0.05, 0) is 48.4 Å². The molecule has 35 heavy (non-hydrogen) atoms. The minimum Gasteiger partial charge on any atom is -0.508 e. The predicted molar refractivity (Wildman–Crippen MR) is 130 cm³/mol. The van der Waals surface area contributed by atoms with Crippen LogP contribution in [0.1, 0.15) is 5.56 Å². The molecule has 2 aromatic carbocycles. The van der Waals surface area contributed by atoms with E-state index in [2.05, 4.69) is 20.3 Å². The SMILES string of the molecule is COc1nc(Nc2ccc(P(=O)(O)CP(=O)(O)O)cc2)c2ncn(CCc3cccc(O)c3)c2n1. The van der Waals surface area contributed by atoms with Gasteiger partial charge in [-0.3, -0.25) is 9.13 Å². The number of nitrogens with one attached hydrogen (secondary N) is 1. The topological polar surface area (TPSA) is 180 Å². The first-order valence-corrected chi connectivity index (χ1v) is 14.0. The van der Waals surface area contributed by atoms with Crippen molar-refractivity contribution in [2.75, 3.05) is 18.3 Å². The fraction of sp³-hybridized carbons (Fsp3) is 0.190. The molecule has 0 aliphatic rings. The normalized spacial score (nSPS) is 13.5. The molecule has 0 amide bonds. The first-order chi connectivity index (χ1) is 16.5. The van der Waals surface area contributed by atoms with Gasteiger partial charge >= 0.3 is 13.6 Å². The number of nitrogens with zero attached hydrogens (tertiary/aromatic N) is 4. The van der Waals surface area contributed by atoms with Crippen molar-refractivity contribution in [3.8, 4) is 11.8 Å². The van der Waals surface area contributed by atoms with E-state index in [1.807, 2.05) is 10.6 Å². The van der Waals surface area contributed by atoms with Crippen LogP contribution in [0.4, 0.5) is 11.5 Å². The number of anilines is 2. The minimum absolute atomic E-state index is 0.0759. The van der Waals surface area contributed by atoms with Crippen LogP contribution in [0.2, 0.25) is 0 Å². The molecule has 12 nitrogen and oxygen atoms in total. The van der Waals surface area contributed by atoms with E-state index in [-0.39, 0.29) is 17.1 Å². The van der Waals surface area contributed by atoms with Gasteiger partial charge in [-0.15, -0.1) is 0 Å². The van der Waals surface area contributed by atoms with E-state index >= 15 is 0 Å². The molecule has 0 aliphatic carbocycles. The lowest BCUT2D eigenvalue weighted by atomic mass is 10.1. The van der Waals surface area contributed by atoms with Gasteiger partial charge in [-0.2, -0.15) is 9.97 Å². The molecule has 0 saturated heterocycles. The van der Waals surface area contributed by atoms with E-state index in [0.29, 0.717) is 35.6 Å². The van der Waals surface area contributed by atoms with Crippen molar-refractivity contribution in [1.82, 2.24) is 19.5 Å². The molecule has 0 spiro atoms. The molecular weight excluding hydrogens is 496 g/mol. The summed E-state index contributed by atoms with van der Waals surface area (Å²) in [5.41, 5.74) is 2.45. The lowest BCUT2D eigenvalue weighted by molar-refractivity contribution is 0.376. The van der Waals surface area contributed by atoms with Crippen LogP contribution in [0, 0.1) is 0 Å². The average molecular weight is 519 g/mol. The molecule has 0 saturated carbocycles. The number of methoxy groups -OCH3 is 1. The van der Waals surface area contributed by atoms with E-state index < -0.39 is 20.9 Å². The van der Waals surface area contributed by atoms with Gasteiger partial charge in [0, 0.05) is 17.5 Å². The molecule has 5 N–H and O–H groups in total. The molecule has 4 rings (SSSR count). The summed E-state index contributed by atoms with van der Waals surface area (Å²) in [7, 11) is -7.45. The molecule has 0 bridgehead atoms. The zero-order valence-electron chi connectivity index (χ0n) is 18.5. The summed E-state index contributed by atoms with van der Waals surface area (Å²) >= 11 is 0.